The lowest BCUT2D eigenvalue weighted by Gasteiger charge is -2.35. The average Bonchev–Trinajstić information content (AvgIpc) is 3.29. The van der Waals surface area contributed by atoms with Crippen LogP contribution < -0.4 is 16.4 Å². The molecule has 0 radical (unpaired) electrons. The molecular weight excluding hydrogens is 601 g/mol. The highest BCUT2D eigenvalue weighted by molar-refractivity contribution is 6.99. The first-order valence-electron chi connectivity index (χ1n) is 17.8. The van der Waals surface area contributed by atoms with Gasteiger partial charge in [-0.2, -0.15) is 0 Å². The molecule has 0 amide bonds. The normalized spacial score (nSPS) is 13.2. The fraction of sp³-hybridized carbons (Fsp3) is 0.0417. The second-order valence-corrected chi connectivity index (χ2v) is 14.4. The van der Waals surface area contributed by atoms with Gasteiger partial charge in [0.15, 0.2) is 0 Å². The Morgan fingerprint density at radius 3 is 1.84 bits per heavy atom. The number of hydrogen-bond acceptors (Lipinski definition) is 0. The largest absolute Gasteiger partial charge is 0.310 e. The van der Waals surface area contributed by atoms with E-state index in [1.165, 1.54) is 115 Å². The summed E-state index contributed by atoms with van der Waals surface area (Å²) in [4.78, 5) is 0. The van der Waals surface area contributed by atoms with Crippen LogP contribution in [-0.2, 0) is 6.42 Å². The van der Waals surface area contributed by atoms with E-state index in [-0.39, 0.29) is 6.71 Å². The summed E-state index contributed by atoms with van der Waals surface area (Å²) in [5.41, 5.74) is 15.1. The van der Waals surface area contributed by atoms with Crippen LogP contribution in [0.2, 0.25) is 0 Å². The van der Waals surface area contributed by atoms with Crippen LogP contribution in [0.4, 0.5) is 0 Å². The van der Waals surface area contributed by atoms with Crippen molar-refractivity contribution in [1.82, 2.24) is 4.57 Å². The molecule has 0 N–H and O–H groups in total. The Morgan fingerprint density at radius 2 is 1.06 bits per heavy atom. The molecule has 2 aliphatic rings. The monoisotopic (exact) mass is 631 g/mol. The SMILES string of the molecule is Cc1cccc2cccc(-c3cccc4ccc5c(c34)Cc3cccc4c3B5c3ccc5cccc6c7cccc8cccc(c87)n-4c3c56)c12. The van der Waals surface area contributed by atoms with Crippen LogP contribution in [-0.4, -0.2) is 11.3 Å². The highest BCUT2D eigenvalue weighted by Gasteiger charge is 2.39. The summed E-state index contributed by atoms with van der Waals surface area (Å²) in [5, 5.41) is 13.2. The molecule has 0 unspecified atom stereocenters. The minimum absolute atomic E-state index is 0.140. The van der Waals surface area contributed by atoms with Gasteiger partial charge in [-0.3, -0.25) is 0 Å². The van der Waals surface area contributed by atoms with Crippen molar-refractivity contribution in [2.24, 2.45) is 0 Å². The van der Waals surface area contributed by atoms with E-state index in [2.05, 4.69) is 163 Å². The van der Waals surface area contributed by atoms with Crippen molar-refractivity contribution in [3.8, 4) is 16.8 Å². The zero-order valence-electron chi connectivity index (χ0n) is 27.7. The molecule has 3 heterocycles. The quantitative estimate of drug-likeness (QED) is 0.159. The first-order chi connectivity index (χ1) is 24.7. The molecule has 10 aromatic rings. The van der Waals surface area contributed by atoms with Crippen molar-refractivity contribution >= 4 is 88.0 Å². The second-order valence-electron chi connectivity index (χ2n) is 14.4. The summed E-state index contributed by atoms with van der Waals surface area (Å²) >= 11 is 0. The summed E-state index contributed by atoms with van der Waals surface area (Å²) in [6.45, 7) is 2.39. The van der Waals surface area contributed by atoms with Crippen molar-refractivity contribution in [3.63, 3.8) is 0 Å². The van der Waals surface area contributed by atoms with Crippen molar-refractivity contribution in [2.75, 3.05) is 0 Å². The fourth-order valence-electron chi connectivity index (χ4n) is 10.0. The number of rotatable bonds is 1. The number of aryl methyl sites for hydroxylation is 1. The number of nitrogens with zero attached hydrogens (tertiary/aromatic N) is 1. The Labute approximate surface area is 290 Å². The van der Waals surface area contributed by atoms with E-state index in [1.807, 2.05) is 0 Å². The molecule has 0 saturated heterocycles. The molecular formula is C48H30BN. The van der Waals surface area contributed by atoms with Crippen LogP contribution in [0.25, 0.3) is 81.7 Å². The molecule has 2 aliphatic heterocycles. The number of hydrogen-bond donors (Lipinski definition) is 0. The third-order valence-corrected chi connectivity index (χ3v) is 12.0. The lowest BCUT2D eigenvalue weighted by molar-refractivity contribution is 1.15. The molecule has 9 aromatic carbocycles. The van der Waals surface area contributed by atoms with Gasteiger partial charge in [0.25, 0.3) is 0 Å². The van der Waals surface area contributed by atoms with Gasteiger partial charge in [-0.1, -0.05) is 145 Å². The third-order valence-electron chi connectivity index (χ3n) is 12.0. The summed E-state index contributed by atoms with van der Waals surface area (Å²) in [6, 6.07) is 57.6. The minimum Gasteiger partial charge on any atom is -0.310 e. The van der Waals surface area contributed by atoms with Gasteiger partial charge in [0.2, 0.25) is 6.71 Å². The molecule has 0 aliphatic carbocycles. The molecule has 2 heteroatoms. The predicted molar refractivity (Wildman–Crippen MR) is 215 cm³/mol. The Morgan fingerprint density at radius 1 is 0.480 bits per heavy atom. The summed E-state index contributed by atoms with van der Waals surface area (Å²) in [6.07, 6.45) is 0.913. The molecule has 12 rings (SSSR count). The lowest BCUT2D eigenvalue weighted by atomic mass is 9.32. The first kappa shape index (κ1) is 26.8. The lowest BCUT2D eigenvalue weighted by Crippen LogP contribution is -2.60. The van der Waals surface area contributed by atoms with Gasteiger partial charge >= 0.3 is 0 Å². The maximum Gasteiger partial charge on any atom is 0.247 e. The topological polar surface area (TPSA) is 4.93 Å². The Hall–Kier alpha value is -6.12. The van der Waals surface area contributed by atoms with Gasteiger partial charge in [0.05, 0.1) is 5.52 Å². The van der Waals surface area contributed by atoms with Crippen LogP contribution in [0.3, 0.4) is 0 Å². The molecule has 50 heavy (non-hydrogen) atoms. The summed E-state index contributed by atoms with van der Waals surface area (Å²) < 4.78 is 2.62. The molecule has 1 aromatic heterocycles. The van der Waals surface area contributed by atoms with E-state index in [1.54, 1.807) is 0 Å². The van der Waals surface area contributed by atoms with Gasteiger partial charge in [-0.05, 0) is 107 Å². The predicted octanol–water partition coefficient (Wildman–Crippen LogP) is 10.1. The van der Waals surface area contributed by atoms with Crippen LogP contribution >= 0.6 is 0 Å². The Bertz CT molecular complexity index is 3130. The Balaban J connectivity index is 1.26. The van der Waals surface area contributed by atoms with Gasteiger partial charge in [-0.25, -0.2) is 0 Å². The first-order valence-corrected chi connectivity index (χ1v) is 17.8. The van der Waals surface area contributed by atoms with Gasteiger partial charge in [-0.15, -0.1) is 0 Å². The molecule has 0 spiro atoms. The number of benzene rings is 9. The van der Waals surface area contributed by atoms with Crippen molar-refractivity contribution in [1.29, 1.82) is 0 Å². The zero-order chi connectivity index (χ0) is 32.7. The minimum atomic E-state index is 0.140. The van der Waals surface area contributed by atoms with E-state index in [9.17, 15) is 0 Å². The molecule has 0 saturated carbocycles. The van der Waals surface area contributed by atoms with E-state index in [0.29, 0.717) is 0 Å². The maximum atomic E-state index is 2.62. The number of fused-ring (bicyclic) bond motifs is 9. The molecule has 0 fully saturated rings. The van der Waals surface area contributed by atoms with Crippen LogP contribution in [0.1, 0.15) is 16.7 Å². The maximum absolute atomic E-state index is 2.62. The smallest absolute Gasteiger partial charge is 0.247 e. The average molecular weight is 632 g/mol. The third kappa shape index (κ3) is 3.29. The fourth-order valence-corrected chi connectivity index (χ4v) is 10.0. The van der Waals surface area contributed by atoms with Gasteiger partial charge < -0.3 is 4.57 Å². The molecule has 1 nitrogen and oxygen atoms in total. The summed E-state index contributed by atoms with van der Waals surface area (Å²) in [7, 11) is 0. The van der Waals surface area contributed by atoms with Crippen LogP contribution in [0, 0.1) is 6.92 Å². The molecule has 0 bridgehead atoms. The van der Waals surface area contributed by atoms with E-state index < -0.39 is 0 Å². The highest BCUT2D eigenvalue weighted by Crippen LogP contribution is 2.41. The molecule has 0 atom stereocenters. The highest BCUT2D eigenvalue weighted by atomic mass is 15.0. The van der Waals surface area contributed by atoms with Gasteiger partial charge in [0, 0.05) is 22.0 Å². The summed E-state index contributed by atoms with van der Waals surface area (Å²) in [5.74, 6) is 0. The standard InChI is InChI=1S/C48H30BN/c1-28-9-2-10-29-11-3-17-34(43(28)29)35-18-5-13-31-23-25-39-38(44(31)35)27-33-16-8-22-42-47(33)49(39)40-26-24-32-14-6-20-37-36-19-4-12-30-15-7-21-41(45(30)36)50(42)48(40)46(32)37/h2-26H,27H2,1H3. The van der Waals surface area contributed by atoms with Crippen LogP contribution in [0.15, 0.2) is 152 Å². The number of aromatic nitrogens is 1. The van der Waals surface area contributed by atoms with E-state index in [0.717, 1.165) is 6.42 Å². The van der Waals surface area contributed by atoms with Crippen molar-refractivity contribution in [2.45, 2.75) is 13.3 Å². The Kier molecular flexibility index (Phi) is 5.10. The van der Waals surface area contributed by atoms with E-state index in [4.69, 9.17) is 0 Å². The van der Waals surface area contributed by atoms with Crippen molar-refractivity contribution in [3.05, 3.63) is 168 Å². The molecule has 230 valence electrons. The van der Waals surface area contributed by atoms with Crippen molar-refractivity contribution < 1.29 is 0 Å². The second kappa shape index (κ2) is 9.52. The van der Waals surface area contributed by atoms with Gasteiger partial charge in [0.1, 0.15) is 0 Å². The zero-order valence-corrected chi connectivity index (χ0v) is 27.7. The van der Waals surface area contributed by atoms with E-state index >= 15 is 0 Å². The van der Waals surface area contributed by atoms with Crippen LogP contribution in [0.5, 0.6) is 0 Å².